The second-order valence-corrected chi connectivity index (χ2v) is 7.45. The van der Waals surface area contributed by atoms with Crippen molar-refractivity contribution in [3.63, 3.8) is 0 Å². The Hall–Kier alpha value is -0.150. The van der Waals surface area contributed by atoms with Crippen molar-refractivity contribution in [3.8, 4) is 0 Å². The van der Waals surface area contributed by atoms with Crippen LogP contribution in [0.3, 0.4) is 0 Å². The maximum Gasteiger partial charge on any atom is 0.325 e. The van der Waals surface area contributed by atoms with Crippen molar-refractivity contribution in [2.75, 3.05) is 13.7 Å². The molecule has 0 heterocycles. The summed E-state index contributed by atoms with van der Waals surface area (Å²) in [5, 5.41) is -1.08. The molecule has 1 aromatic rings. The smallest absolute Gasteiger partial charge is 0.325 e. The molecule has 1 N–H and O–H groups in total. The van der Waals surface area contributed by atoms with E-state index in [9.17, 15) is 13.2 Å². The molecule has 0 amide bonds. The van der Waals surface area contributed by atoms with Gasteiger partial charge in [0.2, 0.25) is 10.0 Å². The lowest BCUT2D eigenvalue weighted by Crippen LogP contribution is -2.34. The molecule has 106 valence electrons. The summed E-state index contributed by atoms with van der Waals surface area (Å²) in [5.41, 5.74) is 0. The van der Waals surface area contributed by atoms with Gasteiger partial charge in [0.15, 0.2) is 0 Å². The highest BCUT2D eigenvalue weighted by atomic mass is 79.9. The average molecular weight is 436 g/mol. The highest BCUT2D eigenvalue weighted by Crippen LogP contribution is 2.25. The van der Waals surface area contributed by atoms with Gasteiger partial charge < -0.3 is 4.74 Å². The van der Waals surface area contributed by atoms with E-state index in [1.54, 1.807) is 12.1 Å². The first kappa shape index (κ1) is 16.9. The van der Waals surface area contributed by atoms with Crippen LogP contribution < -0.4 is 4.72 Å². The molecule has 1 rings (SSSR count). The molecule has 0 aliphatic heterocycles. The molecule has 0 saturated heterocycles. The van der Waals surface area contributed by atoms with Gasteiger partial charge in [-0.3, -0.25) is 4.79 Å². The molecular weight excluding hydrogens is 425 g/mol. The van der Waals surface area contributed by atoms with Crippen LogP contribution in [0.15, 0.2) is 32.0 Å². The predicted molar refractivity (Wildman–Crippen MR) is 78.7 cm³/mol. The third-order valence-electron chi connectivity index (χ3n) is 2.09. The highest BCUT2D eigenvalue weighted by Gasteiger charge is 2.22. The summed E-state index contributed by atoms with van der Waals surface area (Å²) in [4.78, 5) is 11.1. The number of carbonyl (C=O) groups excluding carboxylic acids is 1. The number of nitrogens with one attached hydrogen (secondary N) is 1. The predicted octanol–water partition coefficient (Wildman–Crippen LogP) is 2.27. The van der Waals surface area contributed by atoms with E-state index in [1.807, 2.05) is 0 Å². The van der Waals surface area contributed by atoms with Crippen molar-refractivity contribution in [3.05, 3.63) is 27.1 Å². The lowest BCUT2D eigenvalue weighted by atomic mass is 10.4. The Morgan fingerprint density at radius 2 is 2.11 bits per heavy atom. The van der Waals surface area contributed by atoms with Crippen molar-refractivity contribution < 1.29 is 17.9 Å². The van der Waals surface area contributed by atoms with E-state index in [2.05, 4.69) is 41.3 Å². The van der Waals surface area contributed by atoms with E-state index >= 15 is 0 Å². The molecule has 0 bridgehead atoms. The van der Waals surface area contributed by atoms with Gasteiger partial charge in [0.05, 0.1) is 12.0 Å². The van der Waals surface area contributed by atoms with Gasteiger partial charge >= 0.3 is 5.97 Å². The van der Waals surface area contributed by atoms with Crippen LogP contribution in [-0.2, 0) is 19.6 Å². The van der Waals surface area contributed by atoms with Crippen molar-refractivity contribution >= 4 is 59.5 Å². The van der Waals surface area contributed by atoms with Crippen LogP contribution >= 0.6 is 43.5 Å². The topological polar surface area (TPSA) is 72.5 Å². The molecule has 0 aromatic heterocycles. The van der Waals surface area contributed by atoms with Crippen LogP contribution in [0.5, 0.6) is 0 Å². The summed E-state index contributed by atoms with van der Waals surface area (Å²) in [5.74, 6) is -0.697. The summed E-state index contributed by atoms with van der Waals surface area (Å²) in [6, 6.07) is 4.73. The number of methoxy groups -OCH3 is 1. The first-order chi connectivity index (χ1) is 8.77. The summed E-state index contributed by atoms with van der Waals surface area (Å²) in [6.45, 7) is -0.254. The van der Waals surface area contributed by atoms with Crippen LogP contribution in [0, 0.1) is 0 Å². The van der Waals surface area contributed by atoms with Crippen LogP contribution in [0.1, 0.15) is 0 Å². The quantitative estimate of drug-likeness (QED) is 0.569. The standard InChI is InChI=1S/C10H10Br2ClNO4S/c1-18-10(15)8(13)5-14-19(16,17)9-4-6(11)2-3-7(9)12/h2-4,8,14H,5H2,1H3. The number of ether oxygens (including phenoxy) is 1. The molecule has 0 saturated carbocycles. The number of sulfonamides is 1. The van der Waals surface area contributed by atoms with Crippen LogP contribution in [0.25, 0.3) is 0 Å². The summed E-state index contributed by atoms with van der Waals surface area (Å²) in [6.07, 6.45) is 0. The van der Waals surface area contributed by atoms with Gasteiger partial charge in [0.1, 0.15) is 5.38 Å². The number of carbonyl (C=O) groups is 1. The molecule has 19 heavy (non-hydrogen) atoms. The maximum absolute atomic E-state index is 12.0. The van der Waals surface area contributed by atoms with Crippen LogP contribution in [-0.4, -0.2) is 33.4 Å². The van der Waals surface area contributed by atoms with Crippen molar-refractivity contribution in [1.29, 1.82) is 0 Å². The van der Waals surface area contributed by atoms with Gasteiger partial charge in [-0.05, 0) is 34.1 Å². The van der Waals surface area contributed by atoms with Crippen molar-refractivity contribution in [2.45, 2.75) is 10.3 Å². The Balaban J connectivity index is 2.87. The van der Waals surface area contributed by atoms with Crippen molar-refractivity contribution in [2.24, 2.45) is 0 Å². The third kappa shape index (κ3) is 4.71. The number of esters is 1. The van der Waals surface area contributed by atoms with E-state index < -0.39 is 21.4 Å². The monoisotopic (exact) mass is 433 g/mol. The minimum absolute atomic E-state index is 0.0515. The zero-order valence-electron chi connectivity index (χ0n) is 9.69. The van der Waals surface area contributed by atoms with Crippen molar-refractivity contribution in [1.82, 2.24) is 4.72 Å². The number of hydrogen-bond acceptors (Lipinski definition) is 4. The number of alkyl halides is 1. The Morgan fingerprint density at radius 3 is 2.68 bits per heavy atom. The second kappa shape index (κ2) is 7.03. The summed E-state index contributed by atoms with van der Waals surface area (Å²) < 4.78 is 31.8. The Labute approximate surface area is 133 Å². The zero-order chi connectivity index (χ0) is 14.6. The second-order valence-electron chi connectivity index (χ2n) is 3.42. The molecule has 1 atom stereocenters. The van der Waals surface area contributed by atoms with E-state index in [-0.39, 0.29) is 11.4 Å². The normalized spacial score (nSPS) is 13.1. The van der Waals surface area contributed by atoms with E-state index in [0.717, 1.165) is 0 Å². The molecule has 0 fully saturated rings. The van der Waals surface area contributed by atoms with Crippen LogP contribution in [0.2, 0.25) is 0 Å². The fourth-order valence-corrected chi connectivity index (χ4v) is 3.96. The van der Waals surface area contributed by atoms with Gasteiger partial charge in [0.25, 0.3) is 0 Å². The molecule has 9 heteroatoms. The van der Waals surface area contributed by atoms with Gasteiger partial charge in [-0.2, -0.15) is 0 Å². The number of rotatable bonds is 5. The molecule has 1 aromatic carbocycles. The Morgan fingerprint density at radius 1 is 1.47 bits per heavy atom. The SMILES string of the molecule is COC(=O)C(Cl)CNS(=O)(=O)c1cc(Br)ccc1Br. The molecule has 0 radical (unpaired) electrons. The number of benzene rings is 1. The van der Waals surface area contributed by atoms with E-state index in [4.69, 9.17) is 11.6 Å². The highest BCUT2D eigenvalue weighted by molar-refractivity contribution is 9.11. The minimum atomic E-state index is -3.77. The Kier molecular flexibility index (Phi) is 6.25. The lowest BCUT2D eigenvalue weighted by Gasteiger charge is -2.11. The Bertz CT molecular complexity index is 579. The van der Waals surface area contributed by atoms with E-state index in [1.165, 1.54) is 13.2 Å². The summed E-state index contributed by atoms with van der Waals surface area (Å²) >= 11 is 12.0. The number of hydrogen-bond donors (Lipinski definition) is 1. The lowest BCUT2D eigenvalue weighted by molar-refractivity contribution is -0.140. The number of halogens is 3. The molecule has 0 aliphatic rings. The van der Waals surface area contributed by atoms with Gasteiger partial charge in [-0.15, -0.1) is 11.6 Å². The zero-order valence-corrected chi connectivity index (χ0v) is 14.4. The molecular formula is C10H10Br2ClNO4S. The maximum atomic E-state index is 12.0. The van der Waals surface area contributed by atoms with Gasteiger partial charge in [-0.1, -0.05) is 15.9 Å². The fourth-order valence-electron chi connectivity index (χ4n) is 1.15. The third-order valence-corrected chi connectivity index (χ3v) is 5.34. The molecule has 1 unspecified atom stereocenters. The first-order valence-electron chi connectivity index (χ1n) is 4.94. The fraction of sp³-hybridized carbons (Fsp3) is 0.300. The molecule has 0 spiro atoms. The largest absolute Gasteiger partial charge is 0.468 e. The molecule has 5 nitrogen and oxygen atoms in total. The first-order valence-corrected chi connectivity index (χ1v) is 8.45. The average Bonchev–Trinajstić information content (AvgIpc) is 2.37. The minimum Gasteiger partial charge on any atom is -0.468 e. The van der Waals surface area contributed by atoms with Gasteiger partial charge in [0, 0.05) is 15.5 Å². The van der Waals surface area contributed by atoms with Crippen LogP contribution in [0.4, 0.5) is 0 Å². The van der Waals surface area contributed by atoms with Gasteiger partial charge in [-0.25, -0.2) is 13.1 Å². The molecule has 0 aliphatic carbocycles. The summed E-state index contributed by atoms with van der Waals surface area (Å²) in [7, 11) is -2.59. The van der Waals surface area contributed by atoms with E-state index in [0.29, 0.717) is 8.95 Å².